The third kappa shape index (κ3) is 3.23. The van der Waals surface area contributed by atoms with E-state index in [9.17, 15) is 10.1 Å². The van der Waals surface area contributed by atoms with Gasteiger partial charge in [0, 0.05) is 7.11 Å². The van der Waals surface area contributed by atoms with Gasteiger partial charge in [0.25, 0.3) is 5.91 Å². The average molecular weight is 302 g/mol. The number of nitrogens with one attached hydrogen (secondary N) is 1. The molecule has 0 saturated heterocycles. The summed E-state index contributed by atoms with van der Waals surface area (Å²) in [5.74, 6) is 0.858. The van der Waals surface area contributed by atoms with Crippen LogP contribution >= 0.6 is 0 Å². The van der Waals surface area contributed by atoms with Crippen molar-refractivity contribution in [3.05, 3.63) is 23.8 Å². The number of ether oxygens (including phenoxy) is 2. The molecule has 0 radical (unpaired) electrons. The highest BCUT2D eigenvalue weighted by Crippen LogP contribution is 2.36. The number of carbonyl (C=O) groups is 1. The quantitative estimate of drug-likeness (QED) is 0.927. The zero-order valence-electron chi connectivity index (χ0n) is 13.3. The Morgan fingerprint density at radius 3 is 2.82 bits per heavy atom. The largest absolute Gasteiger partial charge is 0.497 e. The van der Waals surface area contributed by atoms with Crippen LogP contribution in [0.3, 0.4) is 0 Å². The normalized spacial score (nSPS) is 24.4. The van der Waals surface area contributed by atoms with E-state index in [4.69, 9.17) is 9.47 Å². The molecular formula is C17H22N2O3. The van der Waals surface area contributed by atoms with E-state index < -0.39 is 5.60 Å². The van der Waals surface area contributed by atoms with Crippen molar-refractivity contribution >= 4 is 11.6 Å². The minimum atomic E-state index is -0.801. The smallest absolute Gasteiger partial charge is 0.256 e. The molecule has 1 aromatic rings. The van der Waals surface area contributed by atoms with Gasteiger partial charge in [0.2, 0.25) is 0 Å². The standard InChI is InChI=1S/C17H22N2O3/c1-12-5-4-8-17(10-12,22-3)16(20)19-15-7-6-14(21-2)9-13(15)11-18/h6-7,9,12H,4-5,8,10H2,1-3H3,(H,19,20)/t12-,17-/m1/s1. The van der Waals surface area contributed by atoms with Gasteiger partial charge in [0.05, 0.1) is 18.4 Å². The molecule has 1 aliphatic carbocycles. The number of anilines is 1. The average Bonchev–Trinajstić information content (AvgIpc) is 2.54. The second-order valence-electron chi connectivity index (χ2n) is 5.88. The van der Waals surface area contributed by atoms with Gasteiger partial charge in [-0.25, -0.2) is 0 Å². The molecular weight excluding hydrogens is 280 g/mol. The van der Waals surface area contributed by atoms with Crippen molar-refractivity contribution in [1.29, 1.82) is 5.26 Å². The van der Waals surface area contributed by atoms with Gasteiger partial charge in [-0.05, 0) is 43.4 Å². The first-order chi connectivity index (χ1) is 10.5. The van der Waals surface area contributed by atoms with E-state index in [0.717, 1.165) is 12.8 Å². The molecule has 1 saturated carbocycles. The van der Waals surface area contributed by atoms with Gasteiger partial charge in [-0.2, -0.15) is 5.26 Å². The molecule has 1 aliphatic rings. The van der Waals surface area contributed by atoms with Crippen LogP contribution in [0.4, 0.5) is 5.69 Å². The van der Waals surface area contributed by atoms with E-state index in [-0.39, 0.29) is 5.91 Å². The van der Waals surface area contributed by atoms with Gasteiger partial charge in [0.1, 0.15) is 17.4 Å². The third-order valence-electron chi connectivity index (χ3n) is 4.36. The Labute approximate surface area is 131 Å². The molecule has 0 unspecified atom stereocenters. The molecule has 1 N–H and O–H groups in total. The third-order valence-corrected chi connectivity index (χ3v) is 4.36. The van der Waals surface area contributed by atoms with E-state index in [1.54, 1.807) is 25.3 Å². The van der Waals surface area contributed by atoms with E-state index in [0.29, 0.717) is 35.8 Å². The molecule has 1 amide bonds. The van der Waals surface area contributed by atoms with E-state index in [1.807, 2.05) is 0 Å². The predicted molar refractivity (Wildman–Crippen MR) is 83.7 cm³/mol. The Bertz CT molecular complexity index is 594. The monoisotopic (exact) mass is 302 g/mol. The minimum Gasteiger partial charge on any atom is -0.497 e. The molecule has 5 nitrogen and oxygen atoms in total. The van der Waals surface area contributed by atoms with Crippen LogP contribution < -0.4 is 10.1 Å². The van der Waals surface area contributed by atoms with E-state index in [2.05, 4.69) is 18.3 Å². The first-order valence-electron chi connectivity index (χ1n) is 7.49. The zero-order valence-corrected chi connectivity index (χ0v) is 13.3. The summed E-state index contributed by atoms with van der Waals surface area (Å²) in [6.07, 6.45) is 3.49. The molecule has 0 spiro atoms. The first-order valence-corrected chi connectivity index (χ1v) is 7.49. The number of hydrogen-bond acceptors (Lipinski definition) is 4. The van der Waals surface area contributed by atoms with Crippen LogP contribution in [-0.4, -0.2) is 25.7 Å². The van der Waals surface area contributed by atoms with Crippen LogP contribution in [0, 0.1) is 17.2 Å². The van der Waals surface area contributed by atoms with Crippen LogP contribution in [-0.2, 0) is 9.53 Å². The lowest BCUT2D eigenvalue weighted by Crippen LogP contribution is -2.48. The predicted octanol–water partition coefficient (Wildman–Crippen LogP) is 3.10. The number of benzene rings is 1. The molecule has 2 atom stereocenters. The highest BCUT2D eigenvalue weighted by atomic mass is 16.5. The Hall–Kier alpha value is -2.06. The lowest BCUT2D eigenvalue weighted by Gasteiger charge is -2.37. The van der Waals surface area contributed by atoms with Gasteiger partial charge in [-0.3, -0.25) is 4.79 Å². The summed E-state index contributed by atoms with van der Waals surface area (Å²) in [5.41, 5.74) is 0.0652. The molecule has 2 rings (SSSR count). The number of nitrogens with zero attached hydrogens (tertiary/aromatic N) is 1. The van der Waals surface area contributed by atoms with Crippen LogP contribution in [0.25, 0.3) is 0 Å². The first kappa shape index (κ1) is 16.3. The zero-order chi connectivity index (χ0) is 16.2. The second kappa shape index (κ2) is 6.80. The summed E-state index contributed by atoms with van der Waals surface area (Å²) >= 11 is 0. The molecule has 22 heavy (non-hydrogen) atoms. The highest BCUT2D eigenvalue weighted by molar-refractivity contribution is 5.98. The van der Waals surface area contributed by atoms with Gasteiger partial charge < -0.3 is 14.8 Å². The van der Waals surface area contributed by atoms with Crippen LogP contribution in [0.15, 0.2) is 18.2 Å². The summed E-state index contributed by atoms with van der Waals surface area (Å²) in [6, 6.07) is 7.10. The number of rotatable bonds is 4. The molecule has 118 valence electrons. The fraction of sp³-hybridized carbons (Fsp3) is 0.529. The Morgan fingerprint density at radius 2 is 2.23 bits per heavy atom. The van der Waals surface area contributed by atoms with Crippen LogP contribution in [0.5, 0.6) is 5.75 Å². The molecule has 0 heterocycles. The molecule has 5 heteroatoms. The van der Waals surface area contributed by atoms with Gasteiger partial charge in [-0.1, -0.05) is 13.3 Å². The van der Waals surface area contributed by atoms with Crippen molar-refractivity contribution in [2.45, 2.75) is 38.2 Å². The van der Waals surface area contributed by atoms with Crippen molar-refractivity contribution in [3.63, 3.8) is 0 Å². The van der Waals surface area contributed by atoms with E-state index in [1.165, 1.54) is 7.11 Å². The van der Waals surface area contributed by atoms with Crippen molar-refractivity contribution in [3.8, 4) is 11.8 Å². The number of methoxy groups -OCH3 is 2. The molecule has 1 fully saturated rings. The molecule has 1 aromatic carbocycles. The fourth-order valence-corrected chi connectivity index (χ4v) is 3.08. The maximum atomic E-state index is 12.7. The SMILES string of the molecule is COc1ccc(NC(=O)[C@@]2(OC)CCC[C@@H](C)C2)c(C#N)c1. The summed E-state index contributed by atoms with van der Waals surface area (Å²) in [5, 5.41) is 12.1. The summed E-state index contributed by atoms with van der Waals surface area (Å²) in [4.78, 5) is 12.7. The number of nitriles is 1. The fourth-order valence-electron chi connectivity index (χ4n) is 3.08. The molecule has 0 bridgehead atoms. The summed E-state index contributed by atoms with van der Waals surface area (Å²) in [6.45, 7) is 2.13. The lowest BCUT2D eigenvalue weighted by atomic mass is 9.78. The Balaban J connectivity index is 2.22. The maximum absolute atomic E-state index is 12.7. The maximum Gasteiger partial charge on any atom is 0.256 e. The number of amides is 1. The van der Waals surface area contributed by atoms with E-state index >= 15 is 0 Å². The van der Waals surface area contributed by atoms with Crippen molar-refractivity contribution in [2.24, 2.45) is 5.92 Å². The van der Waals surface area contributed by atoms with Crippen molar-refractivity contribution in [1.82, 2.24) is 0 Å². The minimum absolute atomic E-state index is 0.178. The van der Waals surface area contributed by atoms with Gasteiger partial charge in [0.15, 0.2) is 0 Å². The molecule has 0 aliphatic heterocycles. The Kier molecular flexibility index (Phi) is 5.04. The summed E-state index contributed by atoms with van der Waals surface area (Å²) in [7, 11) is 3.12. The molecule has 0 aromatic heterocycles. The van der Waals surface area contributed by atoms with Gasteiger partial charge >= 0.3 is 0 Å². The van der Waals surface area contributed by atoms with Crippen LogP contribution in [0.2, 0.25) is 0 Å². The Morgan fingerprint density at radius 1 is 1.45 bits per heavy atom. The lowest BCUT2D eigenvalue weighted by molar-refractivity contribution is -0.143. The topological polar surface area (TPSA) is 71.3 Å². The van der Waals surface area contributed by atoms with Gasteiger partial charge in [-0.15, -0.1) is 0 Å². The number of carbonyl (C=O) groups excluding carboxylic acids is 1. The van der Waals surface area contributed by atoms with Crippen LogP contribution in [0.1, 0.15) is 38.2 Å². The van der Waals surface area contributed by atoms with Crippen molar-refractivity contribution in [2.75, 3.05) is 19.5 Å². The second-order valence-corrected chi connectivity index (χ2v) is 5.88. The summed E-state index contributed by atoms with van der Waals surface area (Å²) < 4.78 is 10.7. The highest BCUT2D eigenvalue weighted by Gasteiger charge is 2.42. The number of hydrogen-bond donors (Lipinski definition) is 1. The van der Waals surface area contributed by atoms with Crippen molar-refractivity contribution < 1.29 is 14.3 Å².